The van der Waals surface area contributed by atoms with Crippen LogP contribution in [0.5, 0.6) is 0 Å². The highest BCUT2D eigenvalue weighted by Crippen LogP contribution is 2.28. The zero-order chi connectivity index (χ0) is 14.8. The van der Waals surface area contributed by atoms with Gasteiger partial charge in [-0.2, -0.15) is 0 Å². The van der Waals surface area contributed by atoms with E-state index in [1.807, 2.05) is 12.1 Å². The molecule has 0 aliphatic carbocycles. The Kier molecular flexibility index (Phi) is 5.36. The maximum Gasteiger partial charge on any atom is 0.0758 e. The number of aliphatic hydroxyl groups is 1. The Morgan fingerprint density at radius 2 is 1.80 bits per heavy atom. The smallest absolute Gasteiger partial charge is 0.0758 e. The summed E-state index contributed by atoms with van der Waals surface area (Å²) in [5, 5.41) is 11.7. The van der Waals surface area contributed by atoms with Gasteiger partial charge in [0.1, 0.15) is 0 Å². The van der Waals surface area contributed by atoms with E-state index >= 15 is 0 Å². The van der Waals surface area contributed by atoms with Crippen LogP contribution in [-0.4, -0.2) is 34.7 Å². The second kappa shape index (κ2) is 6.65. The summed E-state index contributed by atoms with van der Waals surface area (Å²) in [4.78, 5) is 2.40. The van der Waals surface area contributed by atoms with Gasteiger partial charge in [-0.3, -0.25) is 4.90 Å². The van der Waals surface area contributed by atoms with E-state index in [2.05, 4.69) is 18.7 Å². The molecule has 0 aromatic heterocycles. The van der Waals surface area contributed by atoms with Crippen LogP contribution in [0.4, 0.5) is 0 Å². The number of hydrogen-bond donors (Lipinski definition) is 1. The summed E-state index contributed by atoms with van der Waals surface area (Å²) in [6, 6.07) is 5.57. The van der Waals surface area contributed by atoms with Crippen LogP contribution < -0.4 is 0 Å². The second-order valence-electron chi connectivity index (χ2n) is 6.17. The number of nitrogens with zero attached hydrogens (tertiary/aromatic N) is 1. The van der Waals surface area contributed by atoms with Gasteiger partial charge in [0.25, 0.3) is 0 Å². The minimum absolute atomic E-state index is 0.216. The molecule has 112 valence electrons. The zero-order valence-electron chi connectivity index (χ0n) is 12.2. The van der Waals surface area contributed by atoms with Gasteiger partial charge >= 0.3 is 0 Å². The molecule has 1 aliphatic rings. The molecule has 0 saturated carbocycles. The van der Waals surface area contributed by atoms with E-state index in [1.54, 1.807) is 6.07 Å². The lowest BCUT2D eigenvalue weighted by molar-refractivity contribution is -0.0187. The number of halogens is 2. The van der Waals surface area contributed by atoms with Crippen molar-refractivity contribution in [1.29, 1.82) is 0 Å². The summed E-state index contributed by atoms with van der Waals surface area (Å²) in [5.41, 5.74) is 0.809. The Hall–Kier alpha value is -0.280. The Morgan fingerprint density at radius 3 is 2.40 bits per heavy atom. The summed E-state index contributed by atoms with van der Waals surface area (Å²) >= 11 is 12.0. The number of aliphatic hydroxyl groups excluding tert-OH is 1. The van der Waals surface area contributed by atoms with Crippen molar-refractivity contribution in [3.8, 4) is 0 Å². The molecule has 1 aliphatic heterocycles. The second-order valence-corrected chi connectivity index (χ2v) is 6.98. The first-order chi connectivity index (χ1) is 9.41. The Bertz CT molecular complexity index is 456. The van der Waals surface area contributed by atoms with Crippen LogP contribution >= 0.6 is 23.2 Å². The first-order valence-electron chi connectivity index (χ1n) is 7.28. The lowest BCUT2D eigenvalue weighted by Gasteiger charge is -2.44. The molecule has 0 amide bonds. The Balaban J connectivity index is 2.05. The number of benzene rings is 1. The highest BCUT2D eigenvalue weighted by molar-refractivity contribution is 6.42. The first kappa shape index (κ1) is 16.1. The molecule has 1 atom stereocenters. The van der Waals surface area contributed by atoms with Crippen LogP contribution in [0.3, 0.4) is 0 Å². The van der Waals surface area contributed by atoms with E-state index in [9.17, 15) is 5.11 Å². The molecule has 1 unspecified atom stereocenters. The summed E-state index contributed by atoms with van der Waals surface area (Å²) in [7, 11) is 0. The largest absolute Gasteiger partial charge is 0.391 e. The fraction of sp³-hybridized carbons (Fsp3) is 0.625. The number of hydrogen-bond acceptors (Lipinski definition) is 2. The summed E-state index contributed by atoms with van der Waals surface area (Å²) in [5.74, 6) is 0. The van der Waals surface area contributed by atoms with E-state index in [0.717, 1.165) is 18.7 Å². The molecule has 4 heteroatoms. The van der Waals surface area contributed by atoms with Gasteiger partial charge in [-0.05, 0) is 57.5 Å². The molecular formula is C16H23Cl2NO. The van der Waals surface area contributed by atoms with Gasteiger partial charge in [0, 0.05) is 12.0 Å². The minimum Gasteiger partial charge on any atom is -0.391 e. The molecule has 1 aromatic rings. The maximum atomic E-state index is 10.6. The fourth-order valence-corrected chi connectivity index (χ4v) is 3.14. The van der Waals surface area contributed by atoms with Crippen molar-refractivity contribution in [3.05, 3.63) is 33.8 Å². The van der Waals surface area contributed by atoms with E-state index < -0.39 is 6.10 Å². The van der Waals surface area contributed by atoms with Crippen LogP contribution in [0.1, 0.15) is 38.7 Å². The summed E-state index contributed by atoms with van der Waals surface area (Å²) < 4.78 is 0. The van der Waals surface area contributed by atoms with Gasteiger partial charge in [0.15, 0.2) is 0 Å². The van der Waals surface area contributed by atoms with E-state index in [1.165, 1.54) is 19.3 Å². The van der Waals surface area contributed by atoms with E-state index in [4.69, 9.17) is 23.2 Å². The van der Waals surface area contributed by atoms with Crippen molar-refractivity contribution in [2.75, 3.05) is 13.1 Å². The Morgan fingerprint density at radius 1 is 1.15 bits per heavy atom. The average molecular weight is 316 g/mol. The van der Waals surface area contributed by atoms with Gasteiger partial charge in [0.05, 0.1) is 16.1 Å². The van der Waals surface area contributed by atoms with E-state index in [0.29, 0.717) is 16.5 Å². The monoisotopic (exact) mass is 315 g/mol. The van der Waals surface area contributed by atoms with Crippen molar-refractivity contribution >= 4 is 23.2 Å². The average Bonchev–Trinajstić information content (AvgIpc) is 2.44. The molecule has 2 rings (SSSR count). The third kappa shape index (κ3) is 3.67. The van der Waals surface area contributed by atoms with Crippen molar-refractivity contribution in [2.45, 2.75) is 51.2 Å². The van der Waals surface area contributed by atoms with Gasteiger partial charge in [-0.15, -0.1) is 0 Å². The summed E-state index contributed by atoms with van der Waals surface area (Å²) in [6.07, 6.45) is 3.93. The normalized spacial score (nSPS) is 19.1. The number of rotatable bonds is 4. The molecule has 0 radical (unpaired) electrons. The molecule has 2 nitrogen and oxygen atoms in total. The third-order valence-corrected chi connectivity index (χ3v) is 5.14. The minimum atomic E-state index is -0.419. The predicted molar refractivity (Wildman–Crippen MR) is 85.7 cm³/mol. The molecule has 1 saturated heterocycles. The number of piperidine rings is 1. The van der Waals surface area contributed by atoms with Gasteiger partial charge in [-0.25, -0.2) is 0 Å². The molecule has 1 aromatic carbocycles. The topological polar surface area (TPSA) is 23.5 Å². The molecule has 0 bridgehead atoms. The van der Waals surface area contributed by atoms with Crippen LogP contribution in [-0.2, 0) is 6.42 Å². The predicted octanol–water partition coefficient (Wildman–Crippen LogP) is 4.16. The maximum absolute atomic E-state index is 10.6. The number of likely N-dealkylation sites (tertiary alicyclic amines) is 1. The third-order valence-electron chi connectivity index (χ3n) is 4.40. The molecule has 1 heterocycles. The lowest BCUT2D eigenvalue weighted by Crippen LogP contribution is -2.54. The lowest BCUT2D eigenvalue weighted by atomic mass is 9.88. The van der Waals surface area contributed by atoms with Gasteiger partial charge in [0.2, 0.25) is 0 Å². The molecule has 20 heavy (non-hydrogen) atoms. The molecule has 1 N–H and O–H groups in total. The molecular weight excluding hydrogens is 293 g/mol. The van der Waals surface area contributed by atoms with Gasteiger partial charge < -0.3 is 5.11 Å². The highest BCUT2D eigenvalue weighted by atomic mass is 35.5. The Labute approximate surface area is 131 Å². The standard InChI is InChI=1S/C16H23Cl2NO/c1-16(2,19-8-4-3-5-9-19)15(20)11-12-6-7-13(17)14(18)10-12/h6-7,10,15,20H,3-5,8-9,11H2,1-2H3. The molecule has 1 fully saturated rings. The van der Waals surface area contributed by atoms with Gasteiger partial charge in [-0.1, -0.05) is 35.7 Å². The van der Waals surface area contributed by atoms with Crippen LogP contribution in [0.25, 0.3) is 0 Å². The van der Waals surface area contributed by atoms with Crippen molar-refractivity contribution in [2.24, 2.45) is 0 Å². The fourth-order valence-electron chi connectivity index (χ4n) is 2.82. The SMILES string of the molecule is CC(C)(C(O)Cc1ccc(Cl)c(Cl)c1)N1CCCCC1. The van der Waals surface area contributed by atoms with E-state index in [-0.39, 0.29) is 5.54 Å². The van der Waals surface area contributed by atoms with Crippen molar-refractivity contribution < 1.29 is 5.11 Å². The summed E-state index contributed by atoms with van der Waals surface area (Å²) in [6.45, 7) is 6.40. The zero-order valence-corrected chi connectivity index (χ0v) is 13.7. The molecule has 0 spiro atoms. The first-order valence-corrected chi connectivity index (χ1v) is 8.04. The highest BCUT2D eigenvalue weighted by Gasteiger charge is 2.34. The van der Waals surface area contributed by atoms with Crippen LogP contribution in [0.2, 0.25) is 10.0 Å². The van der Waals surface area contributed by atoms with Crippen molar-refractivity contribution in [3.63, 3.8) is 0 Å². The van der Waals surface area contributed by atoms with Crippen LogP contribution in [0.15, 0.2) is 18.2 Å². The quantitative estimate of drug-likeness (QED) is 0.901. The van der Waals surface area contributed by atoms with Crippen molar-refractivity contribution in [1.82, 2.24) is 4.90 Å². The van der Waals surface area contributed by atoms with Crippen LogP contribution in [0, 0.1) is 0 Å².